The van der Waals surface area contributed by atoms with E-state index in [1.54, 1.807) is 7.11 Å². The summed E-state index contributed by atoms with van der Waals surface area (Å²) < 4.78 is 5.23. The summed E-state index contributed by atoms with van der Waals surface area (Å²) in [5, 5.41) is 13.0. The maximum absolute atomic E-state index is 9.60. The van der Waals surface area contributed by atoms with Gasteiger partial charge >= 0.3 is 0 Å². The first kappa shape index (κ1) is 13.7. The molecular formula is C16H22N2O. The molecule has 2 unspecified atom stereocenters. The van der Waals surface area contributed by atoms with Gasteiger partial charge < -0.3 is 10.1 Å². The molecule has 1 aliphatic rings. The number of hydrogen-bond donors (Lipinski definition) is 1. The van der Waals surface area contributed by atoms with Gasteiger partial charge in [-0.05, 0) is 43.7 Å². The molecule has 1 N–H and O–H groups in total. The summed E-state index contributed by atoms with van der Waals surface area (Å²) in [6.07, 6.45) is 5.30. The predicted octanol–water partition coefficient (Wildman–Crippen LogP) is 3.97. The third-order valence-electron chi connectivity index (χ3n) is 4.03. The van der Waals surface area contributed by atoms with Crippen LogP contribution in [0.3, 0.4) is 0 Å². The van der Waals surface area contributed by atoms with Crippen LogP contribution < -0.4 is 10.1 Å². The molecule has 0 amide bonds. The van der Waals surface area contributed by atoms with Gasteiger partial charge in [-0.2, -0.15) is 5.26 Å². The molecule has 1 aromatic carbocycles. The molecule has 2 atom stereocenters. The van der Waals surface area contributed by atoms with Gasteiger partial charge in [0.15, 0.2) is 0 Å². The fourth-order valence-electron chi connectivity index (χ4n) is 2.76. The summed E-state index contributed by atoms with van der Waals surface area (Å²) >= 11 is 0. The van der Waals surface area contributed by atoms with Gasteiger partial charge in [0.2, 0.25) is 0 Å². The molecule has 102 valence electrons. The zero-order valence-electron chi connectivity index (χ0n) is 11.8. The van der Waals surface area contributed by atoms with Crippen molar-refractivity contribution in [3.63, 3.8) is 0 Å². The van der Waals surface area contributed by atoms with Gasteiger partial charge in [-0.15, -0.1) is 0 Å². The van der Waals surface area contributed by atoms with Crippen LogP contribution in [0.4, 0.5) is 5.69 Å². The monoisotopic (exact) mass is 258 g/mol. The van der Waals surface area contributed by atoms with Crippen molar-refractivity contribution in [2.24, 2.45) is 5.92 Å². The fraction of sp³-hybridized carbons (Fsp3) is 0.562. The van der Waals surface area contributed by atoms with E-state index in [0.717, 1.165) is 43.0 Å². The summed E-state index contributed by atoms with van der Waals surface area (Å²) in [6.45, 7) is 2.28. The van der Waals surface area contributed by atoms with Gasteiger partial charge in [0, 0.05) is 11.8 Å². The zero-order valence-corrected chi connectivity index (χ0v) is 11.8. The first-order valence-corrected chi connectivity index (χ1v) is 7.01. The van der Waals surface area contributed by atoms with Gasteiger partial charge in [0.05, 0.1) is 13.2 Å². The van der Waals surface area contributed by atoms with E-state index in [-0.39, 0.29) is 0 Å². The van der Waals surface area contributed by atoms with E-state index >= 15 is 0 Å². The maximum Gasteiger partial charge on any atom is 0.125 e. The van der Waals surface area contributed by atoms with E-state index < -0.39 is 5.54 Å². The van der Waals surface area contributed by atoms with Gasteiger partial charge in [0.25, 0.3) is 0 Å². The molecule has 3 heteroatoms. The minimum Gasteiger partial charge on any atom is -0.497 e. The summed E-state index contributed by atoms with van der Waals surface area (Å²) in [5.41, 5.74) is 0.548. The van der Waals surface area contributed by atoms with E-state index in [4.69, 9.17) is 4.74 Å². The average molecular weight is 258 g/mol. The molecule has 19 heavy (non-hydrogen) atoms. The van der Waals surface area contributed by atoms with Crippen LogP contribution in [0, 0.1) is 17.2 Å². The van der Waals surface area contributed by atoms with Crippen LogP contribution in [0.15, 0.2) is 24.3 Å². The maximum atomic E-state index is 9.60. The fourth-order valence-corrected chi connectivity index (χ4v) is 2.76. The molecule has 1 saturated carbocycles. The lowest BCUT2D eigenvalue weighted by Crippen LogP contribution is -2.36. The van der Waals surface area contributed by atoms with Crippen LogP contribution >= 0.6 is 0 Å². The number of ether oxygens (including phenoxy) is 1. The highest BCUT2D eigenvalue weighted by Crippen LogP contribution is 2.33. The van der Waals surface area contributed by atoms with Gasteiger partial charge in [-0.25, -0.2) is 0 Å². The molecule has 0 bridgehead atoms. The van der Waals surface area contributed by atoms with Crippen molar-refractivity contribution in [3.8, 4) is 11.8 Å². The second-order valence-electron chi connectivity index (χ2n) is 5.59. The molecule has 0 saturated heterocycles. The highest BCUT2D eigenvalue weighted by atomic mass is 16.5. The second kappa shape index (κ2) is 5.97. The minimum atomic E-state index is -0.420. The number of methoxy groups -OCH3 is 1. The van der Waals surface area contributed by atoms with Gasteiger partial charge in [-0.3, -0.25) is 0 Å². The minimum absolute atomic E-state index is 0.420. The van der Waals surface area contributed by atoms with Gasteiger partial charge in [0.1, 0.15) is 11.3 Å². The molecule has 1 aliphatic carbocycles. The Labute approximate surface area is 115 Å². The van der Waals surface area contributed by atoms with Crippen molar-refractivity contribution >= 4 is 5.69 Å². The third kappa shape index (κ3) is 3.41. The summed E-state index contributed by atoms with van der Waals surface area (Å²) in [5.74, 6) is 1.54. The molecular weight excluding hydrogens is 236 g/mol. The highest BCUT2D eigenvalue weighted by molar-refractivity contribution is 5.51. The SMILES string of the molecule is COc1cccc(NC2(C#N)CCCC(C)CC2)c1. The van der Waals surface area contributed by atoms with E-state index in [2.05, 4.69) is 18.3 Å². The molecule has 0 heterocycles. The van der Waals surface area contributed by atoms with E-state index in [9.17, 15) is 5.26 Å². The van der Waals surface area contributed by atoms with Crippen molar-refractivity contribution in [1.29, 1.82) is 5.26 Å². The van der Waals surface area contributed by atoms with Crippen molar-refractivity contribution in [1.82, 2.24) is 0 Å². The van der Waals surface area contributed by atoms with Crippen LogP contribution in [-0.2, 0) is 0 Å². The molecule has 3 nitrogen and oxygen atoms in total. The average Bonchev–Trinajstić information content (AvgIpc) is 2.62. The Bertz CT molecular complexity index is 466. The van der Waals surface area contributed by atoms with Gasteiger partial charge in [-0.1, -0.05) is 19.4 Å². The number of nitrogens with one attached hydrogen (secondary N) is 1. The lowest BCUT2D eigenvalue weighted by atomic mass is 9.91. The first-order chi connectivity index (χ1) is 9.17. The molecule has 0 radical (unpaired) electrons. The number of nitrogens with zero attached hydrogens (tertiary/aromatic N) is 1. The second-order valence-corrected chi connectivity index (χ2v) is 5.59. The third-order valence-corrected chi connectivity index (χ3v) is 4.03. The van der Waals surface area contributed by atoms with E-state index in [0.29, 0.717) is 0 Å². The van der Waals surface area contributed by atoms with Crippen molar-refractivity contribution in [2.75, 3.05) is 12.4 Å². The quantitative estimate of drug-likeness (QED) is 0.834. The van der Waals surface area contributed by atoms with Crippen LogP contribution in [0.1, 0.15) is 39.0 Å². The van der Waals surface area contributed by atoms with E-state index in [1.165, 1.54) is 6.42 Å². The molecule has 0 aromatic heterocycles. The number of rotatable bonds is 3. The molecule has 1 aromatic rings. The summed E-state index contributed by atoms with van der Waals surface area (Å²) in [4.78, 5) is 0. The number of benzene rings is 1. The number of nitriles is 1. The topological polar surface area (TPSA) is 45.0 Å². The molecule has 2 rings (SSSR count). The Hall–Kier alpha value is -1.69. The Morgan fingerprint density at radius 1 is 1.37 bits per heavy atom. The number of hydrogen-bond acceptors (Lipinski definition) is 3. The first-order valence-electron chi connectivity index (χ1n) is 7.01. The normalized spacial score (nSPS) is 27.1. The molecule has 1 fully saturated rings. The largest absolute Gasteiger partial charge is 0.497 e. The zero-order chi connectivity index (χ0) is 13.7. The standard InChI is InChI=1S/C16H22N2O/c1-13-5-4-9-16(12-17,10-8-13)18-14-6-3-7-15(11-14)19-2/h3,6-7,11,13,18H,4-5,8-10H2,1-2H3. The smallest absolute Gasteiger partial charge is 0.125 e. The Balaban J connectivity index is 2.15. The predicted molar refractivity (Wildman–Crippen MR) is 77.2 cm³/mol. The van der Waals surface area contributed by atoms with Crippen molar-refractivity contribution < 1.29 is 4.74 Å². The lowest BCUT2D eigenvalue weighted by Gasteiger charge is -2.27. The Morgan fingerprint density at radius 2 is 2.21 bits per heavy atom. The Morgan fingerprint density at radius 3 is 2.95 bits per heavy atom. The van der Waals surface area contributed by atoms with Crippen LogP contribution in [0.25, 0.3) is 0 Å². The molecule has 0 aliphatic heterocycles. The van der Waals surface area contributed by atoms with Crippen LogP contribution in [0.5, 0.6) is 5.75 Å². The van der Waals surface area contributed by atoms with E-state index in [1.807, 2.05) is 24.3 Å². The van der Waals surface area contributed by atoms with Crippen molar-refractivity contribution in [3.05, 3.63) is 24.3 Å². The summed E-state index contributed by atoms with van der Waals surface area (Å²) in [6, 6.07) is 10.3. The van der Waals surface area contributed by atoms with Crippen LogP contribution in [0.2, 0.25) is 0 Å². The lowest BCUT2D eigenvalue weighted by molar-refractivity contribution is 0.414. The highest BCUT2D eigenvalue weighted by Gasteiger charge is 2.32. The number of anilines is 1. The summed E-state index contributed by atoms with van der Waals surface area (Å²) in [7, 11) is 1.66. The molecule has 0 spiro atoms. The van der Waals surface area contributed by atoms with Crippen LogP contribution in [-0.4, -0.2) is 12.6 Å². The van der Waals surface area contributed by atoms with Crippen molar-refractivity contribution in [2.45, 2.75) is 44.6 Å². The Kier molecular flexibility index (Phi) is 4.31.